The molecular weight excluding hydrogens is 356 g/mol. The molecule has 1 aromatic rings. The summed E-state index contributed by atoms with van der Waals surface area (Å²) in [6.07, 6.45) is 1.77. The van der Waals surface area contributed by atoms with Gasteiger partial charge in [0.15, 0.2) is 0 Å². The molecule has 2 N–H and O–H groups in total. The highest BCUT2D eigenvalue weighted by Gasteiger charge is 2.27. The Morgan fingerprint density at radius 1 is 1.08 bits per heavy atom. The van der Waals surface area contributed by atoms with Crippen molar-refractivity contribution in [2.24, 2.45) is 0 Å². The Morgan fingerprint density at radius 3 is 2.40 bits per heavy atom. The number of carbonyl (C=O) groups excluding carboxylic acids is 1. The number of sulfonamides is 1. The molecule has 1 amide bonds. The Morgan fingerprint density at radius 2 is 1.76 bits per heavy atom. The van der Waals surface area contributed by atoms with E-state index < -0.39 is 14.8 Å². The fourth-order valence-electron chi connectivity index (χ4n) is 1.95. The third kappa shape index (κ3) is 9.28. The number of rotatable bonds is 11. The molecule has 0 atom stereocenters. The van der Waals surface area contributed by atoms with Crippen LogP contribution in [0.25, 0.3) is 0 Å². The van der Waals surface area contributed by atoms with Crippen LogP contribution in [0.5, 0.6) is 0 Å². The first-order chi connectivity index (χ1) is 11.7. The lowest BCUT2D eigenvalue weighted by atomic mass is 10.2. The molecule has 7 heteroatoms. The summed E-state index contributed by atoms with van der Waals surface area (Å²) in [6, 6.07) is 10.2. The van der Waals surface area contributed by atoms with Crippen molar-refractivity contribution in [3.8, 4) is 0 Å². The number of nitrogens with one attached hydrogen (secondary N) is 2. The van der Waals surface area contributed by atoms with Gasteiger partial charge in [-0.3, -0.25) is 4.79 Å². The molecule has 25 heavy (non-hydrogen) atoms. The molecular formula is C18H30N2O3S2. The first-order valence-corrected chi connectivity index (χ1v) is 11.2. The molecule has 142 valence electrons. The average molecular weight is 387 g/mol. The van der Waals surface area contributed by atoms with Crippen LogP contribution in [0.4, 0.5) is 0 Å². The predicted octanol–water partition coefficient (Wildman–Crippen LogP) is 2.92. The molecule has 0 aromatic heterocycles. The van der Waals surface area contributed by atoms with Crippen molar-refractivity contribution in [3.05, 3.63) is 35.9 Å². The second kappa shape index (κ2) is 10.8. The quantitative estimate of drug-likeness (QED) is 0.574. The summed E-state index contributed by atoms with van der Waals surface area (Å²) in [5.74, 6) is 1.86. The summed E-state index contributed by atoms with van der Waals surface area (Å²) in [5, 5.41) is 2.90. The maximum atomic E-state index is 11.9. The van der Waals surface area contributed by atoms with Gasteiger partial charge in [0.25, 0.3) is 0 Å². The van der Waals surface area contributed by atoms with Crippen molar-refractivity contribution >= 4 is 27.7 Å². The van der Waals surface area contributed by atoms with E-state index in [9.17, 15) is 13.2 Å². The minimum atomic E-state index is -3.30. The summed E-state index contributed by atoms with van der Waals surface area (Å²) in [6.45, 7) is 6.03. The van der Waals surface area contributed by atoms with E-state index in [1.54, 1.807) is 32.5 Å². The van der Waals surface area contributed by atoms with Crippen LogP contribution in [0.2, 0.25) is 0 Å². The summed E-state index contributed by atoms with van der Waals surface area (Å²) in [4.78, 5) is 11.7. The molecule has 0 saturated heterocycles. The lowest BCUT2D eigenvalue weighted by Gasteiger charge is -2.19. The van der Waals surface area contributed by atoms with Gasteiger partial charge in [-0.25, -0.2) is 13.1 Å². The molecule has 1 aromatic carbocycles. The summed E-state index contributed by atoms with van der Waals surface area (Å²) in [7, 11) is -3.30. The third-order valence-corrected chi connectivity index (χ3v) is 6.84. The maximum absolute atomic E-state index is 11.9. The molecule has 0 bridgehead atoms. The van der Waals surface area contributed by atoms with Crippen LogP contribution in [0.1, 0.15) is 45.6 Å². The topological polar surface area (TPSA) is 75.3 Å². The normalized spacial score (nSPS) is 12.1. The van der Waals surface area contributed by atoms with Gasteiger partial charge >= 0.3 is 0 Å². The zero-order valence-corrected chi connectivity index (χ0v) is 17.0. The minimum absolute atomic E-state index is 0.0268. The highest BCUT2D eigenvalue weighted by Crippen LogP contribution is 2.13. The van der Waals surface area contributed by atoms with Gasteiger partial charge in [0.1, 0.15) is 0 Å². The fraction of sp³-hybridized carbons (Fsp3) is 0.611. The van der Waals surface area contributed by atoms with Gasteiger partial charge in [-0.05, 0) is 39.2 Å². The van der Waals surface area contributed by atoms with Gasteiger partial charge in [0, 0.05) is 31.0 Å². The Labute approximate surface area is 156 Å². The Balaban J connectivity index is 2.02. The molecule has 5 nitrogen and oxygen atoms in total. The maximum Gasteiger partial charge on any atom is 0.220 e. The van der Waals surface area contributed by atoms with Crippen LogP contribution in [-0.4, -0.2) is 37.9 Å². The molecule has 0 fully saturated rings. The molecule has 0 spiro atoms. The smallest absolute Gasteiger partial charge is 0.220 e. The molecule has 0 heterocycles. The van der Waals surface area contributed by atoms with Crippen molar-refractivity contribution < 1.29 is 13.2 Å². The lowest BCUT2D eigenvalue weighted by molar-refractivity contribution is -0.121. The van der Waals surface area contributed by atoms with E-state index in [2.05, 4.69) is 22.2 Å². The summed E-state index contributed by atoms with van der Waals surface area (Å²) >= 11 is 1.79. The van der Waals surface area contributed by atoms with Crippen molar-refractivity contribution in [2.75, 3.05) is 18.8 Å². The molecule has 1 rings (SSSR count). The second-order valence-electron chi connectivity index (χ2n) is 6.86. The van der Waals surface area contributed by atoms with Crippen molar-refractivity contribution in [1.29, 1.82) is 0 Å². The third-order valence-electron chi connectivity index (χ3n) is 3.61. The predicted molar refractivity (Wildman–Crippen MR) is 106 cm³/mol. The number of benzene rings is 1. The van der Waals surface area contributed by atoms with Crippen LogP contribution < -0.4 is 10.0 Å². The van der Waals surface area contributed by atoms with Gasteiger partial charge in [0.2, 0.25) is 15.9 Å². The van der Waals surface area contributed by atoms with Gasteiger partial charge in [-0.1, -0.05) is 30.3 Å². The highest BCUT2D eigenvalue weighted by molar-refractivity contribution is 7.98. The van der Waals surface area contributed by atoms with E-state index in [-0.39, 0.29) is 5.91 Å². The van der Waals surface area contributed by atoms with E-state index in [1.165, 1.54) is 5.56 Å². The van der Waals surface area contributed by atoms with Crippen molar-refractivity contribution in [1.82, 2.24) is 10.0 Å². The summed E-state index contributed by atoms with van der Waals surface area (Å²) < 4.78 is 25.5. The van der Waals surface area contributed by atoms with Crippen LogP contribution >= 0.6 is 11.8 Å². The number of hydrogen-bond acceptors (Lipinski definition) is 4. The number of unbranched alkanes of at least 4 members (excludes halogenated alkanes) is 1. The van der Waals surface area contributed by atoms with Crippen LogP contribution in [0.3, 0.4) is 0 Å². The van der Waals surface area contributed by atoms with Crippen LogP contribution in [0, 0.1) is 0 Å². The van der Waals surface area contributed by atoms with Crippen molar-refractivity contribution in [3.63, 3.8) is 0 Å². The van der Waals surface area contributed by atoms with E-state index in [0.717, 1.165) is 11.5 Å². The van der Waals surface area contributed by atoms with E-state index >= 15 is 0 Å². The standard InChI is InChI=1S/C18H30N2O3S2/c1-18(2,3)25(22,23)20-12-8-7-11-17(21)19-13-14-24-15-16-9-5-4-6-10-16/h4-6,9-10,20H,7-8,11-15H2,1-3H3,(H,19,21). The minimum Gasteiger partial charge on any atom is -0.355 e. The number of hydrogen-bond donors (Lipinski definition) is 2. The van der Waals surface area contributed by atoms with Crippen LogP contribution in [0.15, 0.2) is 30.3 Å². The molecule has 0 aliphatic carbocycles. The molecule has 0 aliphatic rings. The zero-order chi connectivity index (χ0) is 18.8. The lowest BCUT2D eigenvalue weighted by Crippen LogP contribution is -2.39. The summed E-state index contributed by atoms with van der Waals surface area (Å²) in [5.41, 5.74) is 1.29. The van der Waals surface area contributed by atoms with Gasteiger partial charge in [-0.15, -0.1) is 0 Å². The number of amides is 1. The SMILES string of the molecule is CC(C)(C)S(=O)(=O)NCCCCC(=O)NCCSCc1ccccc1. The van der Waals surface area contributed by atoms with Crippen molar-refractivity contribution in [2.45, 2.75) is 50.5 Å². The van der Waals surface area contributed by atoms with Gasteiger partial charge < -0.3 is 5.32 Å². The van der Waals surface area contributed by atoms with Crippen LogP contribution in [-0.2, 0) is 20.6 Å². The molecule has 0 unspecified atom stereocenters. The molecule has 0 saturated carbocycles. The van der Waals surface area contributed by atoms with E-state index in [1.807, 2.05) is 18.2 Å². The second-order valence-corrected chi connectivity index (χ2v) is 10.5. The zero-order valence-electron chi connectivity index (χ0n) is 15.4. The Bertz CT molecular complexity index is 611. The fourth-order valence-corrected chi connectivity index (χ4v) is 3.61. The molecule has 0 aliphatic heterocycles. The number of carbonyl (C=O) groups is 1. The Kier molecular flexibility index (Phi) is 9.53. The van der Waals surface area contributed by atoms with E-state index in [4.69, 9.17) is 0 Å². The largest absolute Gasteiger partial charge is 0.355 e. The van der Waals surface area contributed by atoms with E-state index in [0.29, 0.717) is 32.4 Å². The first kappa shape index (κ1) is 22.0. The Hall–Kier alpha value is -1.05. The monoisotopic (exact) mass is 386 g/mol. The first-order valence-electron chi connectivity index (χ1n) is 8.60. The average Bonchev–Trinajstić information content (AvgIpc) is 2.54. The number of thioether (sulfide) groups is 1. The highest BCUT2D eigenvalue weighted by atomic mass is 32.2. The van der Waals surface area contributed by atoms with Gasteiger partial charge in [0.05, 0.1) is 4.75 Å². The van der Waals surface area contributed by atoms with Gasteiger partial charge in [-0.2, -0.15) is 11.8 Å². The molecule has 0 radical (unpaired) electrons.